The number of nitrogens with one attached hydrogen (secondary N) is 1. The number of phenols is 1. The average molecular weight is 619 g/mol. The number of phenolic OH excluding ortho intramolecular Hbond substituents is 1. The summed E-state index contributed by atoms with van der Waals surface area (Å²) in [7, 11) is 1.69. The number of Topliss-reactive ketones (excluding diaryl/α,β-unsaturated/α-hetero) is 2. The zero-order valence-corrected chi connectivity index (χ0v) is 24.3. The third-order valence-corrected chi connectivity index (χ3v) is 9.43. The second-order valence-electron chi connectivity index (χ2n) is 12.0. The number of nitrogens with zero attached hydrogens (tertiary/aromatic N) is 1. The van der Waals surface area contributed by atoms with Crippen molar-refractivity contribution in [2.45, 2.75) is 37.2 Å². The second-order valence-corrected chi connectivity index (χ2v) is 12.0. The number of primary amides is 1. The Morgan fingerprint density at radius 3 is 2.47 bits per heavy atom. The Labute approximate surface area is 256 Å². The summed E-state index contributed by atoms with van der Waals surface area (Å²) in [6, 6.07) is 5.74. The van der Waals surface area contributed by atoms with Gasteiger partial charge in [-0.3, -0.25) is 24.1 Å². The van der Waals surface area contributed by atoms with Crippen LogP contribution in [0.2, 0.25) is 0 Å². The van der Waals surface area contributed by atoms with E-state index in [0.29, 0.717) is 11.0 Å². The summed E-state index contributed by atoms with van der Waals surface area (Å²) < 4.78 is 5.18. The van der Waals surface area contributed by atoms with Crippen LogP contribution in [0.4, 0.5) is 5.69 Å². The van der Waals surface area contributed by atoms with Gasteiger partial charge in [0.25, 0.3) is 11.8 Å². The number of aromatic hydroxyl groups is 1. The molecule has 2 aromatic rings. The Hall–Kier alpha value is -4.54. The Morgan fingerprint density at radius 2 is 1.82 bits per heavy atom. The van der Waals surface area contributed by atoms with Crippen molar-refractivity contribution in [3.05, 3.63) is 75.3 Å². The maximum atomic E-state index is 14.0. The standard InChI is InChI=1S/C30H30BN3O11/c1-10-16-14(33-29(42)11-4-5-12-9-45-31(44)13(12)8-11)6-7-15(35)18(16)23(36)19-17(10)24(37)21-22(34(2)3)25(38)20(28(32)41)27(40)30(21,43)26(19)39/h4-8,10,17,21-22,24,35,37-39,43-44H,9H2,1-3H3,(H2,32,41)(H,33,42)/t10-,17+,21+,22-,24-,30-/m0/s1. The van der Waals surface area contributed by atoms with Crippen molar-refractivity contribution in [2.24, 2.45) is 17.6 Å². The largest absolute Gasteiger partial charge is 0.510 e. The van der Waals surface area contributed by atoms with Crippen LogP contribution >= 0.6 is 0 Å². The lowest BCUT2D eigenvalue weighted by molar-refractivity contribution is -0.162. The smallest absolute Gasteiger partial charge is 0.491 e. The summed E-state index contributed by atoms with van der Waals surface area (Å²) in [5.74, 6) is -10.9. The van der Waals surface area contributed by atoms with E-state index < -0.39 is 94.4 Å². The minimum Gasteiger partial charge on any atom is -0.510 e. The summed E-state index contributed by atoms with van der Waals surface area (Å²) in [5.41, 5.74) is 1.94. The molecule has 2 amide bonds. The van der Waals surface area contributed by atoms with E-state index in [0.717, 1.165) is 6.07 Å². The van der Waals surface area contributed by atoms with Gasteiger partial charge in [-0.2, -0.15) is 0 Å². The third kappa shape index (κ3) is 4.08. The van der Waals surface area contributed by atoms with Gasteiger partial charge < -0.3 is 46.3 Å². The number of amides is 2. The number of carbonyl (C=O) groups is 4. The summed E-state index contributed by atoms with van der Waals surface area (Å²) in [6.45, 7) is 1.75. The van der Waals surface area contributed by atoms with Crippen LogP contribution in [0.15, 0.2) is 53.0 Å². The van der Waals surface area contributed by atoms with Crippen LogP contribution in [0.25, 0.3) is 0 Å². The molecule has 0 unspecified atom stereocenters. The van der Waals surface area contributed by atoms with Gasteiger partial charge in [0.05, 0.1) is 30.2 Å². The molecule has 0 bridgehead atoms. The van der Waals surface area contributed by atoms with E-state index in [2.05, 4.69) is 5.32 Å². The molecule has 15 heteroatoms. The molecule has 0 spiro atoms. The maximum Gasteiger partial charge on any atom is 0.491 e. The number of ketones is 2. The fourth-order valence-electron chi connectivity index (χ4n) is 7.36. The molecule has 4 aliphatic rings. The van der Waals surface area contributed by atoms with Gasteiger partial charge in [0.1, 0.15) is 22.8 Å². The molecule has 0 fully saturated rings. The highest BCUT2D eigenvalue weighted by Crippen LogP contribution is 2.56. The van der Waals surface area contributed by atoms with Gasteiger partial charge >= 0.3 is 7.12 Å². The molecule has 0 saturated heterocycles. The van der Waals surface area contributed by atoms with Crippen LogP contribution in [0.1, 0.15) is 44.7 Å². The van der Waals surface area contributed by atoms with Crippen LogP contribution in [0.5, 0.6) is 5.75 Å². The molecule has 2 aromatic carbocycles. The van der Waals surface area contributed by atoms with E-state index in [9.17, 15) is 49.7 Å². The number of benzene rings is 2. The number of aliphatic hydroxyl groups is 4. The maximum absolute atomic E-state index is 14.0. The summed E-state index contributed by atoms with van der Waals surface area (Å²) in [5, 5.41) is 69.7. The van der Waals surface area contributed by atoms with Crippen molar-refractivity contribution >= 4 is 41.6 Å². The Kier molecular flexibility index (Phi) is 6.95. The number of anilines is 1. The molecule has 1 heterocycles. The molecular weight excluding hydrogens is 589 g/mol. The molecule has 0 aromatic heterocycles. The molecule has 6 rings (SSSR count). The molecule has 234 valence electrons. The Balaban J connectivity index is 1.49. The van der Waals surface area contributed by atoms with Gasteiger partial charge in [0.15, 0.2) is 11.4 Å². The number of rotatable bonds is 4. The van der Waals surface area contributed by atoms with E-state index >= 15 is 0 Å². The predicted octanol–water partition coefficient (Wildman–Crippen LogP) is -0.878. The van der Waals surface area contributed by atoms with Crippen molar-refractivity contribution in [3.63, 3.8) is 0 Å². The van der Waals surface area contributed by atoms with E-state index in [1.807, 2.05) is 0 Å². The van der Waals surface area contributed by atoms with Gasteiger partial charge in [-0.1, -0.05) is 13.0 Å². The first kappa shape index (κ1) is 30.5. The second kappa shape index (κ2) is 10.3. The molecule has 45 heavy (non-hydrogen) atoms. The Morgan fingerprint density at radius 1 is 1.13 bits per heavy atom. The van der Waals surface area contributed by atoms with E-state index in [4.69, 9.17) is 10.4 Å². The first-order valence-electron chi connectivity index (χ1n) is 14.0. The van der Waals surface area contributed by atoms with Gasteiger partial charge in [0.2, 0.25) is 5.78 Å². The van der Waals surface area contributed by atoms with E-state index in [1.54, 1.807) is 13.0 Å². The number of fused-ring (bicyclic) bond motifs is 4. The first-order valence-corrected chi connectivity index (χ1v) is 14.0. The van der Waals surface area contributed by atoms with Gasteiger partial charge in [-0.25, -0.2) is 0 Å². The number of hydrogen-bond acceptors (Lipinski definition) is 12. The topological polar surface area (TPSA) is 240 Å². The number of nitrogens with two attached hydrogens (primary N) is 1. The van der Waals surface area contributed by atoms with Crippen LogP contribution in [-0.4, -0.2) is 97.8 Å². The summed E-state index contributed by atoms with van der Waals surface area (Å²) in [4.78, 5) is 54.4. The minimum atomic E-state index is -3.03. The number of aliphatic hydroxyl groups excluding tert-OH is 3. The van der Waals surface area contributed by atoms with E-state index in [1.165, 1.54) is 37.2 Å². The quantitative estimate of drug-likeness (QED) is 0.118. The predicted molar refractivity (Wildman–Crippen MR) is 157 cm³/mol. The summed E-state index contributed by atoms with van der Waals surface area (Å²) >= 11 is 0. The summed E-state index contributed by atoms with van der Waals surface area (Å²) in [6.07, 6.45) is -1.79. The highest BCUT2D eigenvalue weighted by atomic mass is 16.5. The monoisotopic (exact) mass is 619 g/mol. The van der Waals surface area contributed by atoms with Crippen molar-refractivity contribution in [1.29, 1.82) is 0 Å². The molecule has 9 N–H and O–H groups in total. The van der Waals surface area contributed by atoms with E-state index in [-0.39, 0.29) is 29.0 Å². The zero-order chi connectivity index (χ0) is 32.9. The van der Waals surface area contributed by atoms with Crippen molar-refractivity contribution in [1.82, 2.24) is 4.90 Å². The number of likely N-dealkylation sites (N-methyl/N-ethyl adjacent to an activating group) is 1. The fourth-order valence-corrected chi connectivity index (χ4v) is 7.36. The third-order valence-electron chi connectivity index (χ3n) is 9.43. The highest BCUT2D eigenvalue weighted by Gasteiger charge is 2.67. The minimum absolute atomic E-state index is 0.0974. The molecule has 14 nitrogen and oxygen atoms in total. The van der Waals surface area contributed by atoms with Crippen molar-refractivity contribution < 1.29 is 54.4 Å². The van der Waals surface area contributed by atoms with Crippen LogP contribution in [-0.2, 0) is 20.9 Å². The average Bonchev–Trinajstić information content (AvgIpc) is 3.35. The lowest BCUT2D eigenvalue weighted by atomic mass is 9.55. The van der Waals surface area contributed by atoms with Crippen molar-refractivity contribution in [3.8, 4) is 5.75 Å². The van der Waals surface area contributed by atoms with Gasteiger partial charge in [0, 0.05) is 22.7 Å². The SMILES string of the molecule is C[C@H]1c2c(NC(=O)c3ccc4c(c3)B(O)OC4)ccc(O)c2C(=O)C2=C(O)[C@]3(O)C(=O)C(C(N)=O)=C(O)[C@@H](N(C)C)[C@@H]3[C@@H](O)[C@@H]21. The lowest BCUT2D eigenvalue weighted by Crippen LogP contribution is -2.68. The molecule has 1 aliphatic heterocycles. The number of carbonyl (C=O) groups excluding carboxylic acids is 4. The lowest BCUT2D eigenvalue weighted by Gasteiger charge is -2.53. The Bertz CT molecular complexity index is 1790. The normalized spacial score (nSPS) is 29.0. The highest BCUT2D eigenvalue weighted by molar-refractivity contribution is 6.61. The van der Waals surface area contributed by atoms with Crippen LogP contribution in [0, 0.1) is 11.8 Å². The molecular formula is C30H30BN3O11. The van der Waals surface area contributed by atoms with Gasteiger partial charge in [-0.15, -0.1) is 0 Å². The first-order chi connectivity index (χ1) is 21.1. The molecule has 0 saturated carbocycles. The zero-order valence-electron chi connectivity index (χ0n) is 24.3. The number of hydrogen-bond donors (Lipinski definition) is 8. The van der Waals surface area contributed by atoms with Crippen LogP contribution in [0.3, 0.4) is 0 Å². The molecule has 6 atom stereocenters. The van der Waals surface area contributed by atoms with Crippen molar-refractivity contribution in [2.75, 3.05) is 19.4 Å². The molecule has 3 aliphatic carbocycles. The fraction of sp³-hybridized carbons (Fsp3) is 0.333. The van der Waals surface area contributed by atoms with Gasteiger partial charge in [-0.05, 0) is 60.9 Å². The van der Waals surface area contributed by atoms with Crippen LogP contribution < -0.4 is 16.5 Å². The molecule has 0 radical (unpaired) electrons.